The van der Waals surface area contributed by atoms with Crippen LogP contribution in [0.1, 0.15) is 27.2 Å². The van der Waals surface area contributed by atoms with E-state index < -0.39 is 0 Å². The first-order valence-corrected chi connectivity index (χ1v) is 7.51. The normalized spacial score (nSPS) is 11.8. The van der Waals surface area contributed by atoms with Gasteiger partial charge in [0, 0.05) is 29.2 Å². The number of aromatic nitrogens is 3. The summed E-state index contributed by atoms with van der Waals surface area (Å²) < 4.78 is 3.31. The molecule has 0 fully saturated rings. The Morgan fingerprint density at radius 3 is 2.90 bits per heavy atom. The van der Waals surface area contributed by atoms with Gasteiger partial charge in [0.15, 0.2) is 10.4 Å². The SMILES string of the molecule is CC(C)(C)NC(=O)CCn1c(=S)[nH]c2cc(Br)cnc21. The van der Waals surface area contributed by atoms with Crippen molar-refractivity contribution in [3.63, 3.8) is 0 Å². The lowest BCUT2D eigenvalue weighted by Crippen LogP contribution is -2.40. The molecule has 0 aliphatic heterocycles. The number of hydrogen-bond donors (Lipinski definition) is 2. The number of imidazole rings is 1. The van der Waals surface area contributed by atoms with E-state index >= 15 is 0 Å². The van der Waals surface area contributed by atoms with Crippen LogP contribution in [0.25, 0.3) is 11.2 Å². The van der Waals surface area contributed by atoms with Gasteiger partial charge in [-0.2, -0.15) is 0 Å². The molecule has 0 radical (unpaired) electrons. The Morgan fingerprint density at radius 1 is 1.55 bits per heavy atom. The second-order valence-electron chi connectivity index (χ2n) is 5.65. The lowest BCUT2D eigenvalue weighted by molar-refractivity contribution is -0.122. The number of nitrogens with one attached hydrogen (secondary N) is 2. The van der Waals surface area contributed by atoms with E-state index in [1.807, 2.05) is 31.4 Å². The van der Waals surface area contributed by atoms with Gasteiger partial charge in [0.25, 0.3) is 0 Å². The first kappa shape index (κ1) is 15.2. The van der Waals surface area contributed by atoms with Gasteiger partial charge in [-0.25, -0.2) is 4.98 Å². The minimum atomic E-state index is -0.220. The number of H-pyrrole nitrogens is 1. The van der Waals surface area contributed by atoms with Crippen LogP contribution in [-0.2, 0) is 11.3 Å². The van der Waals surface area contributed by atoms with E-state index in [0.29, 0.717) is 17.7 Å². The quantitative estimate of drug-likeness (QED) is 0.830. The van der Waals surface area contributed by atoms with E-state index in [0.717, 1.165) is 15.6 Å². The van der Waals surface area contributed by atoms with Gasteiger partial charge in [0.05, 0.1) is 5.52 Å². The Labute approximate surface area is 130 Å². The Morgan fingerprint density at radius 2 is 2.25 bits per heavy atom. The number of nitrogens with zero attached hydrogens (tertiary/aromatic N) is 2. The molecule has 0 bridgehead atoms. The molecule has 7 heteroatoms. The van der Waals surface area contributed by atoms with Crippen molar-refractivity contribution < 1.29 is 4.79 Å². The number of carbonyl (C=O) groups excluding carboxylic acids is 1. The van der Waals surface area contributed by atoms with Gasteiger partial charge >= 0.3 is 0 Å². The third-order valence-corrected chi connectivity index (χ3v) is 3.41. The van der Waals surface area contributed by atoms with Crippen LogP contribution in [0.3, 0.4) is 0 Å². The molecule has 2 aromatic rings. The van der Waals surface area contributed by atoms with E-state index in [2.05, 4.69) is 31.2 Å². The Balaban J connectivity index is 2.16. The summed E-state index contributed by atoms with van der Waals surface area (Å²) in [4.78, 5) is 19.3. The van der Waals surface area contributed by atoms with E-state index in [9.17, 15) is 4.79 Å². The van der Waals surface area contributed by atoms with Crippen molar-refractivity contribution in [1.29, 1.82) is 0 Å². The van der Waals surface area contributed by atoms with Crippen LogP contribution in [-0.4, -0.2) is 26.0 Å². The molecule has 108 valence electrons. The van der Waals surface area contributed by atoms with Crippen molar-refractivity contribution >= 4 is 45.2 Å². The highest BCUT2D eigenvalue weighted by Gasteiger charge is 2.14. The summed E-state index contributed by atoms with van der Waals surface area (Å²) in [6.45, 7) is 6.39. The molecule has 0 saturated heterocycles. The van der Waals surface area contributed by atoms with Gasteiger partial charge in [-0.05, 0) is 55.0 Å². The number of halogens is 1. The highest BCUT2D eigenvalue weighted by atomic mass is 79.9. The third-order valence-electron chi connectivity index (χ3n) is 2.65. The molecule has 0 aromatic carbocycles. The second kappa shape index (κ2) is 5.65. The maximum absolute atomic E-state index is 11.9. The number of fused-ring (bicyclic) bond motifs is 1. The van der Waals surface area contributed by atoms with Crippen molar-refractivity contribution in [2.45, 2.75) is 39.3 Å². The largest absolute Gasteiger partial charge is 0.351 e. The average Bonchev–Trinajstić information content (AvgIpc) is 2.59. The number of amides is 1. The van der Waals surface area contributed by atoms with Crippen LogP contribution in [0.4, 0.5) is 0 Å². The lowest BCUT2D eigenvalue weighted by atomic mass is 10.1. The molecule has 0 unspecified atom stereocenters. The van der Waals surface area contributed by atoms with Crippen molar-refractivity contribution in [2.75, 3.05) is 0 Å². The summed E-state index contributed by atoms with van der Waals surface area (Å²) in [6.07, 6.45) is 2.09. The maximum atomic E-state index is 11.9. The average molecular weight is 357 g/mol. The van der Waals surface area contributed by atoms with Gasteiger partial charge in [-0.15, -0.1) is 0 Å². The summed E-state index contributed by atoms with van der Waals surface area (Å²) in [5, 5.41) is 2.93. The van der Waals surface area contributed by atoms with Crippen molar-refractivity contribution in [3.8, 4) is 0 Å². The first-order valence-electron chi connectivity index (χ1n) is 6.31. The summed E-state index contributed by atoms with van der Waals surface area (Å²) in [7, 11) is 0. The highest BCUT2D eigenvalue weighted by Crippen LogP contribution is 2.17. The number of rotatable bonds is 3. The molecule has 0 aliphatic rings. The number of carbonyl (C=O) groups is 1. The van der Waals surface area contributed by atoms with E-state index in [1.54, 1.807) is 6.20 Å². The molecule has 0 aliphatic carbocycles. The molecule has 5 nitrogen and oxygen atoms in total. The molecule has 2 N–H and O–H groups in total. The first-order chi connectivity index (χ1) is 9.26. The zero-order chi connectivity index (χ0) is 14.9. The van der Waals surface area contributed by atoms with Crippen molar-refractivity contribution in [3.05, 3.63) is 21.5 Å². The Hall–Kier alpha value is -1.21. The zero-order valence-electron chi connectivity index (χ0n) is 11.7. The van der Waals surface area contributed by atoms with Gasteiger partial charge in [-0.3, -0.25) is 4.79 Å². The fourth-order valence-corrected chi connectivity index (χ4v) is 2.54. The van der Waals surface area contributed by atoms with E-state index in [1.165, 1.54) is 0 Å². The van der Waals surface area contributed by atoms with Gasteiger partial charge in [0.2, 0.25) is 5.91 Å². The van der Waals surface area contributed by atoms with E-state index in [-0.39, 0.29) is 11.4 Å². The minimum Gasteiger partial charge on any atom is -0.351 e. The summed E-state index contributed by atoms with van der Waals surface area (Å²) in [5.74, 6) is 0.00543. The van der Waals surface area contributed by atoms with Crippen molar-refractivity contribution in [1.82, 2.24) is 19.9 Å². The second-order valence-corrected chi connectivity index (χ2v) is 6.96. The van der Waals surface area contributed by atoms with Crippen LogP contribution in [0.5, 0.6) is 0 Å². The van der Waals surface area contributed by atoms with Crippen LogP contribution in [0, 0.1) is 4.77 Å². The molecular weight excluding hydrogens is 340 g/mol. The summed E-state index contributed by atoms with van der Waals surface area (Å²) >= 11 is 8.65. The standard InChI is InChI=1S/C13H17BrN4OS/c1-13(2,3)17-10(19)4-5-18-11-9(16-12(18)20)6-8(14)7-15-11/h6-7H,4-5H2,1-3H3,(H,16,20)(H,17,19). The third kappa shape index (κ3) is 3.67. The fraction of sp³-hybridized carbons (Fsp3) is 0.462. The molecule has 2 aromatic heterocycles. The van der Waals surface area contributed by atoms with Crippen LogP contribution < -0.4 is 5.32 Å². The molecule has 0 saturated carbocycles. The smallest absolute Gasteiger partial charge is 0.222 e. The van der Waals surface area contributed by atoms with Crippen LogP contribution in [0.15, 0.2) is 16.7 Å². The van der Waals surface area contributed by atoms with Crippen LogP contribution >= 0.6 is 28.1 Å². The van der Waals surface area contributed by atoms with Crippen molar-refractivity contribution in [2.24, 2.45) is 0 Å². The summed E-state index contributed by atoms with van der Waals surface area (Å²) in [6, 6.07) is 1.92. The van der Waals surface area contributed by atoms with Gasteiger partial charge in [-0.1, -0.05) is 0 Å². The monoisotopic (exact) mass is 356 g/mol. The molecule has 2 rings (SSSR count). The Kier molecular flexibility index (Phi) is 4.29. The fourth-order valence-electron chi connectivity index (χ4n) is 1.92. The zero-order valence-corrected chi connectivity index (χ0v) is 14.1. The predicted octanol–water partition coefficient (Wildman–Crippen LogP) is 3.16. The maximum Gasteiger partial charge on any atom is 0.222 e. The Bertz CT molecular complexity index is 698. The number of aryl methyl sites for hydroxylation is 1. The minimum absolute atomic E-state index is 0.00543. The molecular formula is C13H17BrN4OS. The molecule has 0 atom stereocenters. The van der Waals surface area contributed by atoms with Gasteiger partial charge in [0.1, 0.15) is 0 Å². The number of hydrogen-bond acceptors (Lipinski definition) is 3. The molecule has 0 spiro atoms. The predicted molar refractivity (Wildman–Crippen MR) is 85.1 cm³/mol. The number of aromatic amines is 1. The molecule has 1 amide bonds. The topological polar surface area (TPSA) is 62.7 Å². The summed E-state index contributed by atoms with van der Waals surface area (Å²) in [5.41, 5.74) is 1.41. The molecule has 2 heterocycles. The van der Waals surface area contributed by atoms with E-state index in [4.69, 9.17) is 12.2 Å². The number of pyridine rings is 1. The molecule has 20 heavy (non-hydrogen) atoms. The van der Waals surface area contributed by atoms with Gasteiger partial charge < -0.3 is 14.9 Å². The highest BCUT2D eigenvalue weighted by molar-refractivity contribution is 9.10. The van der Waals surface area contributed by atoms with Crippen LogP contribution in [0.2, 0.25) is 0 Å². The lowest BCUT2D eigenvalue weighted by Gasteiger charge is -2.20.